The van der Waals surface area contributed by atoms with Crippen LogP contribution in [0.5, 0.6) is 34.5 Å². The maximum Gasteiger partial charge on any atom is 0.339 e. The molecular weight excluding hydrogens is 957 g/mol. The van der Waals surface area contributed by atoms with Crippen molar-refractivity contribution < 1.29 is 76.8 Å². The van der Waals surface area contributed by atoms with Crippen LogP contribution in [0.15, 0.2) is 36.4 Å². The smallest absolute Gasteiger partial charge is 0.339 e. The summed E-state index contributed by atoms with van der Waals surface area (Å²) in [6.07, 6.45) is 1.80. The number of hydrogen-bond acceptors (Lipinski definition) is 14. The summed E-state index contributed by atoms with van der Waals surface area (Å²) in [6, 6.07) is 7.87. The number of methoxy groups -OCH3 is 2. The Kier molecular flexibility index (Phi) is 26.9. The molecule has 0 aliphatic heterocycles. The minimum Gasteiger partial charge on any atom is -0.494 e. The Hall–Kier alpha value is -5.82. The molecule has 3 rings (SSSR count). The van der Waals surface area contributed by atoms with Gasteiger partial charge in [-0.3, -0.25) is 9.59 Å². The first-order valence-electron chi connectivity index (χ1n) is 25.7. The van der Waals surface area contributed by atoms with E-state index in [9.17, 15) is 29.4 Å². The molecule has 0 aliphatic carbocycles. The van der Waals surface area contributed by atoms with Crippen molar-refractivity contribution in [2.75, 3.05) is 77.7 Å². The summed E-state index contributed by atoms with van der Waals surface area (Å²) in [7, 11) is 2.74. The van der Waals surface area contributed by atoms with E-state index in [2.05, 4.69) is 66.0 Å². The van der Waals surface area contributed by atoms with Crippen molar-refractivity contribution in [2.45, 2.75) is 133 Å². The van der Waals surface area contributed by atoms with Crippen LogP contribution in [0.1, 0.15) is 150 Å². The van der Waals surface area contributed by atoms with E-state index in [1.807, 2.05) is 27.7 Å². The van der Waals surface area contributed by atoms with Gasteiger partial charge in [0.15, 0.2) is 0 Å². The molecule has 4 atom stereocenters. The minimum atomic E-state index is -1.35. The number of hydrogen-bond donors (Lipinski definition) is 4. The fourth-order valence-corrected chi connectivity index (χ4v) is 6.80. The Bertz CT molecular complexity index is 2090. The third kappa shape index (κ3) is 21.6. The van der Waals surface area contributed by atoms with Crippen LogP contribution in [-0.4, -0.2) is 125 Å². The van der Waals surface area contributed by atoms with Gasteiger partial charge in [0.1, 0.15) is 72.1 Å². The maximum absolute atomic E-state index is 14.5. The molecule has 4 N–H and O–H groups in total. The van der Waals surface area contributed by atoms with E-state index >= 15 is 0 Å². The molecular formula is C56H84N2O16. The predicted octanol–water partition coefficient (Wildman–Crippen LogP) is 10.9. The van der Waals surface area contributed by atoms with Gasteiger partial charge >= 0.3 is 11.9 Å². The van der Waals surface area contributed by atoms with E-state index in [0.717, 1.165) is 25.7 Å². The van der Waals surface area contributed by atoms with Crippen molar-refractivity contribution in [3.8, 4) is 34.5 Å². The molecule has 18 nitrogen and oxygen atoms in total. The topological polar surface area (TPSA) is 225 Å². The number of nitrogens with one attached hydrogen (secondary N) is 2. The molecule has 0 saturated heterocycles. The molecule has 74 heavy (non-hydrogen) atoms. The highest BCUT2D eigenvalue weighted by Crippen LogP contribution is 2.39. The van der Waals surface area contributed by atoms with Gasteiger partial charge in [0.2, 0.25) is 0 Å². The van der Waals surface area contributed by atoms with E-state index in [-0.39, 0.29) is 107 Å². The summed E-state index contributed by atoms with van der Waals surface area (Å²) in [5.74, 6) is -2.41. The zero-order valence-corrected chi connectivity index (χ0v) is 46.2. The summed E-state index contributed by atoms with van der Waals surface area (Å²) in [4.78, 5) is 54.4. The lowest BCUT2D eigenvalue weighted by atomic mass is 10.1. The first kappa shape index (κ1) is 62.5. The molecule has 3 aromatic rings. The molecule has 0 radical (unpaired) electrons. The second-order valence-corrected chi connectivity index (χ2v) is 20.2. The molecule has 3 aromatic carbocycles. The lowest BCUT2D eigenvalue weighted by Gasteiger charge is -2.21. The number of ether oxygens (including phenoxy) is 10. The highest BCUT2D eigenvalue weighted by Gasteiger charge is 2.27. The first-order valence-corrected chi connectivity index (χ1v) is 25.7. The summed E-state index contributed by atoms with van der Waals surface area (Å²) >= 11 is 0. The number of aromatic carboxylic acids is 2. The number of amides is 2. The molecule has 0 aromatic heterocycles. The average molecular weight is 1040 g/mol. The standard InChI is InChI=1S/C56H84N2O16/c1-33(2)15-19-67-37(9)29-71-47-26-49(73-31-39(11)69-21-17-35(5)6)43(55(61)62)23-41(47)53(59)57-45-25-46(52(66-14)28-51(45)65-13)58-54(60)42-24-44(56(63)64)50(74-32-40(12)70-22-18-36(7)8)27-48(42)72-30-38(10)68-20-16-34(3)4/h23-28,33-40H,15-22,29-32H2,1-14H3,(H,57,59)(H,58,60)(H,61,62)(H,63,64). The number of carbonyl (C=O) groups is 4. The molecule has 0 fully saturated rings. The number of carboxylic acid groups (broad SMARTS) is 2. The molecule has 0 spiro atoms. The van der Waals surface area contributed by atoms with Crippen LogP contribution in [0.2, 0.25) is 0 Å². The monoisotopic (exact) mass is 1040 g/mol. The summed E-state index contributed by atoms with van der Waals surface area (Å²) in [5.41, 5.74) is -0.833. The Labute approximate surface area is 438 Å². The summed E-state index contributed by atoms with van der Waals surface area (Å²) < 4.78 is 59.4. The largest absolute Gasteiger partial charge is 0.494 e. The molecule has 0 heterocycles. The summed E-state index contributed by atoms with van der Waals surface area (Å²) in [6.45, 7) is 26.1. The molecule has 414 valence electrons. The Morgan fingerprint density at radius 3 is 0.892 bits per heavy atom. The first-order chi connectivity index (χ1) is 35.0. The molecule has 2 amide bonds. The number of benzene rings is 3. The predicted molar refractivity (Wildman–Crippen MR) is 284 cm³/mol. The summed E-state index contributed by atoms with van der Waals surface area (Å²) in [5, 5.41) is 26.3. The van der Waals surface area contributed by atoms with Crippen molar-refractivity contribution in [2.24, 2.45) is 23.7 Å². The molecule has 0 bridgehead atoms. The highest BCUT2D eigenvalue weighted by atomic mass is 16.6. The van der Waals surface area contributed by atoms with Crippen molar-refractivity contribution in [1.29, 1.82) is 0 Å². The normalized spacial score (nSPS) is 13.1. The van der Waals surface area contributed by atoms with Crippen LogP contribution in [-0.2, 0) is 18.9 Å². The molecule has 0 saturated carbocycles. The van der Waals surface area contributed by atoms with Gasteiger partial charge in [0.05, 0.1) is 61.1 Å². The third-order valence-electron chi connectivity index (χ3n) is 11.4. The van der Waals surface area contributed by atoms with Gasteiger partial charge in [-0.15, -0.1) is 0 Å². The van der Waals surface area contributed by atoms with E-state index in [0.29, 0.717) is 50.1 Å². The third-order valence-corrected chi connectivity index (χ3v) is 11.4. The van der Waals surface area contributed by atoms with Gasteiger partial charge in [0, 0.05) is 44.6 Å². The van der Waals surface area contributed by atoms with Gasteiger partial charge in [-0.2, -0.15) is 0 Å². The van der Waals surface area contributed by atoms with Gasteiger partial charge in [-0.05, 0) is 95.2 Å². The number of anilines is 2. The second kappa shape index (κ2) is 31.8. The SMILES string of the molecule is COc1cc(OC)c(NC(=O)c2cc(C(=O)O)c(OCC(C)OCCC(C)C)cc2OCC(C)OCCC(C)C)cc1NC(=O)c1cc(C(=O)O)c(OCC(C)OCCC(C)C)cc1OCC(C)OCCC(C)C. The van der Waals surface area contributed by atoms with Crippen molar-refractivity contribution in [3.05, 3.63) is 58.7 Å². The lowest BCUT2D eigenvalue weighted by molar-refractivity contribution is 0.0247. The van der Waals surface area contributed by atoms with Gasteiger partial charge < -0.3 is 68.2 Å². The van der Waals surface area contributed by atoms with E-state index in [4.69, 9.17) is 47.4 Å². The Balaban J connectivity index is 2.08. The van der Waals surface area contributed by atoms with E-state index < -0.39 is 36.0 Å². The average Bonchev–Trinajstić information content (AvgIpc) is 3.32. The number of carbonyl (C=O) groups excluding carboxylic acids is 2. The molecule has 18 heteroatoms. The van der Waals surface area contributed by atoms with Crippen LogP contribution in [0.3, 0.4) is 0 Å². The van der Waals surface area contributed by atoms with Crippen molar-refractivity contribution in [3.63, 3.8) is 0 Å². The quantitative estimate of drug-likeness (QED) is 0.0425. The van der Waals surface area contributed by atoms with Crippen molar-refractivity contribution in [1.82, 2.24) is 0 Å². The maximum atomic E-state index is 14.5. The zero-order valence-electron chi connectivity index (χ0n) is 46.2. The minimum absolute atomic E-state index is 0.0122. The number of rotatable bonds is 36. The Morgan fingerprint density at radius 2 is 0.649 bits per heavy atom. The van der Waals surface area contributed by atoms with E-state index in [1.54, 1.807) is 0 Å². The van der Waals surface area contributed by atoms with Gasteiger partial charge in [-0.1, -0.05) is 55.4 Å². The fraction of sp³-hybridized carbons (Fsp3) is 0.607. The zero-order chi connectivity index (χ0) is 55.1. The van der Waals surface area contributed by atoms with Gasteiger partial charge in [0.25, 0.3) is 11.8 Å². The second-order valence-electron chi connectivity index (χ2n) is 20.2. The van der Waals surface area contributed by atoms with Crippen LogP contribution in [0.4, 0.5) is 11.4 Å². The lowest BCUT2D eigenvalue weighted by Crippen LogP contribution is -2.23. The fourth-order valence-electron chi connectivity index (χ4n) is 6.80. The Morgan fingerprint density at radius 1 is 0.392 bits per heavy atom. The van der Waals surface area contributed by atoms with Crippen LogP contribution < -0.4 is 39.1 Å². The number of carboxylic acids is 2. The highest BCUT2D eigenvalue weighted by molar-refractivity contribution is 6.11. The van der Waals surface area contributed by atoms with Crippen LogP contribution in [0.25, 0.3) is 0 Å². The van der Waals surface area contributed by atoms with Crippen LogP contribution >= 0.6 is 0 Å². The molecule has 0 aliphatic rings. The van der Waals surface area contributed by atoms with Crippen LogP contribution in [0, 0.1) is 23.7 Å². The van der Waals surface area contributed by atoms with E-state index in [1.165, 1.54) is 50.6 Å². The molecule has 4 unspecified atom stereocenters. The van der Waals surface area contributed by atoms with Crippen molar-refractivity contribution >= 4 is 35.1 Å². The van der Waals surface area contributed by atoms with Gasteiger partial charge in [-0.25, -0.2) is 9.59 Å².